The first kappa shape index (κ1) is 16.3. The van der Waals surface area contributed by atoms with Crippen molar-refractivity contribution in [1.82, 2.24) is 0 Å². The molecule has 0 spiro atoms. The maximum atomic E-state index is 10.9. The van der Waals surface area contributed by atoms with Crippen molar-refractivity contribution in [1.29, 1.82) is 0 Å². The van der Waals surface area contributed by atoms with Gasteiger partial charge < -0.3 is 14.2 Å². The first-order valence-corrected chi connectivity index (χ1v) is 7.21. The van der Waals surface area contributed by atoms with Crippen molar-refractivity contribution < 1.29 is 19.0 Å². The highest BCUT2D eigenvalue weighted by Crippen LogP contribution is 2.39. The maximum absolute atomic E-state index is 10.9. The summed E-state index contributed by atoms with van der Waals surface area (Å²) in [5.74, 6) is 1.67. The number of hydrogen-bond donors (Lipinski definition) is 0. The van der Waals surface area contributed by atoms with Gasteiger partial charge in [0.2, 0.25) is 12.0 Å². The second-order valence-corrected chi connectivity index (χ2v) is 4.45. The number of benzene rings is 1. The summed E-state index contributed by atoms with van der Waals surface area (Å²) in [4.78, 5) is 10.9. The van der Waals surface area contributed by atoms with Crippen molar-refractivity contribution in [3.05, 3.63) is 17.7 Å². The molecule has 0 amide bonds. The summed E-state index contributed by atoms with van der Waals surface area (Å²) in [6, 6.07) is 3.29. The summed E-state index contributed by atoms with van der Waals surface area (Å²) < 4.78 is 17.1. The number of hydrogen-bond acceptors (Lipinski definition) is 4. The summed E-state index contributed by atoms with van der Waals surface area (Å²) in [6.07, 6.45) is 4.53. The summed E-state index contributed by atoms with van der Waals surface area (Å²) in [6.45, 7) is 7.80. The standard InChI is InChI=1S/C16H23O4/c1-4-7-18-14-10-13(12-17)11-15(19-8-5-2)16(14)20-9-6-3/h10-11H,4-9H2,1-3H3. The van der Waals surface area contributed by atoms with Gasteiger partial charge in [0.25, 0.3) is 0 Å². The lowest BCUT2D eigenvalue weighted by Crippen LogP contribution is -2.05. The highest BCUT2D eigenvalue weighted by atomic mass is 16.5. The Morgan fingerprint density at radius 2 is 1.30 bits per heavy atom. The van der Waals surface area contributed by atoms with Gasteiger partial charge in [-0.05, 0) is 31.4 Å². The molecule has 0 atom stereocenters. The van der Waals surface area contributed by atoms with Crippen molar-refractivity contribution in [2.45, 2.75) is 40.0 Å². The summed E-state index contributed by atoms with van der Waals surface area (Å²) in [5.41, 5.74) is 0.408. The number of carbonyl (C=O) groups excluding carboxylic acids is 1. The van der Waals surface area contributed by atoms with Gasteiger partial charge in [0, 0.05) is 5.56 Å². The zero-order valence-electron chi connectivity index (χ0n) is 12.5. The molecule has 0 unspecified atom stereocenters. The average Bonchev–Trinajstić information content (AvgIpc) is 2.48. The molecular weight excluding hydrogens is 256 g/mol. The van der Waals surface area contributed by atoms with Gasteiger partial charge in [-0.1, -0.05) is 20.8 Å². The molecule has 0 heterocycles. The van der Waals surface area contributed by atoms with Crippen LogP contribution in [0.2, 0.25) is 0 Å². The molecule has 0 N–H and O–H groups in total. The molecule has 1 aromatic carbocycles. The molecule has 0 saturated heterocycles. The zero-order chi connectivity index (χ0) is 14.8. The van der Waals surface area contributed by atoms with Crippen LogP contribution >= 0.6 is 0 Å². The fourth-order valence-electron chi connectivity index (χ4n) is 1.62. The van der Waals surface area contributed by atoms with Crippen LogP contribution in [0.5, 0.6) is 17.2 Å². The van der Waals surface area contributed by atoms with E-state index in [0.29, 0.717) is 42.6 Å². The normalized spacial score (nSPS) is 10.2. The van der Waals surface area contributed by atoms with Crippen molar-refractivity contribution in [2.24, 2.45) is 0 Å². The van der Waals surface area contributed by atoms with E-state index in [4.69, 9.17) is 14.2 Å². The molecule has 0 saturated carbocycles. The van der Waals surface area contributed by atoms with Crippen LogP contribution in [-0.4, -0.2) is 26.1 Å². The van der Waals surface area contributed by atoms with Crippen LogP contribution in [-0.2, 0) is 4.79 Å². The molecule has 111 valence electrons. The Bertz CT molecular complexity index is 386. The first-order chi connectivity index (χ1) is 9.76. The lowest BCUT2D eigenvalue weighted by molar-refractivity contribution is 0.243. The molecule has 4 heteroatoms. The fraction of sp³-hybridized carbons (Fsp3) is 0.562. The SMILES string of the molecule is CCCOc1cc([C]=O)cc(OCCC)c1OCCC. The molecular formula is C16H23O4. The van der Waals surface area contributed by atoms with Crippen LogP contribution in [0, 0.1) is 0 Å². The van der Waals surface area contributed by atoms with E-state index >= 15 is 0 Å². The van der Waals surface area contributed by atoms with Gasteiger partial charge in [0.05, 0.1) is 19.8 Å². The van der Waals surface area contributed by atoms with E-state index < -0.39 is 0 Å². The molecule has 0 aromatic heterocycles. The lowest BCUT2D eigenvalue weighted by Gasteiger charge is -2.17. The lowest BCUT2D eigenvalue weighted by atomic mass is 10.2. The van der Waals surface area contributed by atoms with Gasteiger partial charge in [0.15, 0.2) is 11.5 Å². The largest absolute Gasteiger partial charge is 0.490 e. The van der Waals surface area contributed by atoms with Crippen LogP contribution in [0.4, 0.5) is 0 Å². The Hall–Kier alpha value is -1.71. The second kappa shape index (κ2) is 9.23. The Kier molecular flexibility index (Phi) is 7.55. The summed E-state index contributed by atoms with van der Waals surface area (Å²) in [5, 5.41) is 0. The van der Waals surface area contributed by atoms with E-state index in [0.717, 1.165) is 19.3 Å². The maximum Gasteiger partial charge on any atom is 0.233 e. The van der Waals surface area contributed by atoms with Gasteiger partial charge in [-0.15, -0.1) is 0 Å². The smallest absolute Gasteiger partial charge is 0.233 e. The van der Waals surface area contributed by atoms with Crippen LogP contribution in [0.25, 0.3) is 0 Å². The van der Waals surface area contributed by atoms with Gasteiger partial charge >= 0.3 is 0 Å². The molecule has 0 aliphatic carbocycles. The van der Waals surface area contributed by atoms with E-state index in [-0.39, 0.29) is 0 Å². The van der Waals surface area contributed by atoms with E-state index in [1.165, 1.54) is 0 Å². The molecule has 0 fully saturated rings. The predicted octanol–water partition coefficient (Wildman–Crippen LogP) is 3.51. The zero-order valence-corrected chi connectivity index (χ0v) is 12.5. The van der Waals surface area contributed by atoms with Crippen molar-refractivity contribution in [2.75, 3.05) is 19.8 Å². The molecule has 0 aliphatic rings. The van der Waals surface area contributed by atoms with E-state index in [2.05, 4.69) is 0 Å². The number of rotatable bonds is 10. The Morgan fingerprint density at radius 1 is 0.850 bits per heavy atom. The van der Waals surface area contributed by atoms with Crippen LogP contribution in [0.15, 0.2) is 12.1 Å². The topological polar surface area (TPSA) is 44.8 Å². The monoisotopic (exact) mass is 279 g/mol. The minimum Gasteiger partial charge on any atom is -0.490 e. The van der Waals surface area contributed by atoms with Gasteiger partial charge in [0.1, 0.15) is 0 Å². The Balaban J connectivity index is 3.10. The summed E-state index contributed by atoms with van der Waals surface area (Å²) in [7, 11) is 0. The fourth-order valence-corrected chi connectivity index (χ4v) is 1.62. The predicted molar refractivity (Wildman–Crippen MR) is 78.6 cm³/mol. The van der Waals surface area contributed by atoms with E-state index in [1.807, 2.05) is 27.1 Å². The first-order valence-electron chi connectivity index (χ1n) is 7.21. The molecule has 1 aromatic rings. The third-order valence-corrected chi connectivity index (χ3v) is 2.51. The summed E-state index contributed by atoms with van der Waals surface area (Å²) >= 11 is 0. The second-order valence-electron chi connectivity index (χ2n) is 4.45. The van der Waals surface area contributed by atoms with Crippen molar-refractivity contribution >= 4 is 6.29 Å². The Labute approximate surface area is 121 Å². The van der Waals surface area contributed by atoms with Crippen LogP contribution < -0.4 is 14.2 Å². The third-order valence-electron chi connectivity index (χ3n) is 2.51. The van der Waals surface area contributed by atoms with E-state index in [9.17, 15) is 4.79 Å². The Morgan fingerprint density at radius 3 is 1.70 bits per heavy atom. The molecule has 0 aliphatic heterocycles. The minimum absolute atomic E-state index is 0.408. The molecule has 1 rings (SSSR count). The molecule has 4 nitrogen and oxygen atoms in total. The van der Waals surface area contributed by atoms with Crippen LogP contribution in [0.1, 0.15) is 45.6 Å². The third kappa shape index (κ3) is 4.76. The average molecular weight is 279 g/mol. The van der Waals surface area contributed by atoms with Gasteiger partial charge in [-0.25, -0.2) is 0 Å². The molecule has 0 bridgehead atoms. The quantitative estimate of drug-likeness (QED) is 0.657. The van der Waals surface area contributed by atoms with Gasteiger partial charge in [-0.2, -0.15) is 0 Å². The van der Waals surface area contributed by atoms with Crippen molar-refractivity contribution in [3.63, 3.8) is 0 Å². The highest BCUT2D eigenvalue weighted by Gasteiger charge is 2.15. The minimum atomic E-state index is 0.408. The highest BCUT2D eigenvalue weighted by molar-refractivity contribution is 5.78. The van der Waals surface area contributed by atoms with Crippen LogP contribution in [0.3, 0.4) is 0 Å². The van der Waals surface area contributed by atoms with Crippen molar-refractivity contribution in [3.8, 4) is 17.2 Å². The molecule has 20 heavy (non-hydrogen) atoms. The van der Waals surface area contributed by atoms with E-state index in [1.54, 1.807) is 12.1 Å². The number of ether oxygens (including phenoxy) is 3. The molecule has 1 radical (unpaired) electrons. The van der Waals surface area contributed by atoms with Gasteiger partial charge in [-0.3, -0.25) is 4.79 Å².